The van der Waals surface area contributed by atoms with Crippen LogP contribution < -0.4 is 9.47 Å². The molecule has 37 heavy (non-hydrogen) atoms. The second kappa shape index (κ2) is 11.5. The smallest absolute Gasteiger partial charge is 0.254 e. The monoisotopic (exact) mass is 521 g/mol. The van der Waals surface area contributed by atoms with Crippen LogP contribution in [0.3, 0.4) is 0 Å². The van der Waals surface area contributed by atoms with Crippen molar-refractivity contribution in [3.8, 4) is 23.1 Å². The molecule has 1 unspecified atom stereocenters. The zero-order chi connectivity index (χ0) is 26.5. The van der Waals surface area contributed by atoms with Crippen LogP contribution in [0.1, 0.15) is 41.9 Å². The average molecular weight is 522 g/mol. The molecule has 4 aromatic rings. The molecule has 8 heteroatoms. The minimum Gasteiger partial charge on any atom is -0.497 e. The summed E-state index contributed by atoms with van der Waals surface area (Å²) in [6.45, 7) is 6.15. The van der Waals surface area contributed by atoms with Crippen LogP contribution >= 0.6 is 11.6 Å². The van der Waals surface area contributed by atoms with Gasteiger partial charge in [-0.2, -0.15) is 5.10 Å². The molecule has 0 saturated heterocycles. The SMILES string of the molecule is CCC(C)N(Cc1c(C)nn(-c2cccc(Cl)c2)c1Oc1ccc(OC)cc1)C(=O)c1ccc(F)cc1. The van der Waals surface area contributed by atoms with E-state index in [2.05, 4.69) is 0 Å². The standard InChI is InChI=1S/C29H29ClFN3O3/c1-5-19(2)33(28(35)21-9-11-23(31)12-10-21)18-27-20(3)32-34(24-8-6-7-22(30)17-24)29(27)37-26-15-13-25(36-4)14-16-26/h6-17,19H,5,18H2,1-4H3. The first-order chi connectivity index (χ1) is 17.8. The molecule has 0 bridgehead atoms. The quantitative estimate of drug-likeness (QED) is 0.233. The highest BCUT2D eigenvalue weighted by Crippen LogP contribution is 2.33. The predicted octanol–water partition coefficient (Wildman–Crippen LogP) is 7.22. The lowest BCUT2D eigenvalue weighted by atomic mass is 10.1. The van der Waals surface area contributed by atoms with Gasteiger partial charge in [0.25, 0.3) is 5.91 Å². The van der Waals surface area contributed by atoms with Gasteiger partial charge in [0.2, 0.25) is 5.88 Å². The summed E-state index contributed by atoms with van der Waals surface area (Å²) in [4.78, 5) is 15.3. The Morgan fingerprint density at radius 1 is 1.08 bits per heavy atom. The highest BCUT2D eigenvalue weighted by Gasteiger charge is 2.27. The molecule has 0 saturated carbocycles. The zero-order valence-corrected chi connectivity index (χ0v) is 22.0. The minimum atomic E-state index is -0.388. The van der Waals surface area contributed by atoms with Crippen LogP contribution in [0.5, 0.6) is 17.4 Å². The zero-order valence-electron chi connectivity index (χ0n) is 21.2. The Kier molecular flexibility index (Phi) is 8.14. The van der Waals surface area contributed by atoms with Crippen molar-refractivity contribution in [2.45, 2.75) is 39.8 Å². The van der Waals surface area contributed by atoms with Crippen LogP contribution in [0.25, 0.3) is 5.69 Å². The van der Waals surface area contributed by atoms with Gasteiger partial charge in [-0.15, -0.1) is 0 Å². The first kappa shape index (κ1) is 26.2. The van der Waals surface area contributed by atoms with Crippen molar-refractivity contribution in [2.75, 3.05) is 7.11 Å². The highest BCUT2D eigenvalue weighted by atomic mass is 35.5. The van der Waals surface area contributed by atoms with Gasteiger partial charge in [-0.1, -0.05) is 24.6 Å². The molecule has 4 rings (SSSR count). The second-order valence-electron chi connectivity index (χ2n) is 8.74. The van der Waals surface area contributed by atoms with Gasteiger partial charge >= 0.3 is 0 Å². The van der Waals surface area contributed by atoms with E-state index in [1.807, 2.05) is 57.2 Å². The molecule has 1 atom stereocenters. The Labute approximate surface area is 221 Å². The van der Waals surface area contributed by atoms with Gasteiger partial charge in [0.1, 0.15) is 17.3 Å². The first-order valence-corrected chi connectivity index (χ1v) is 12.4. The number of benzene rings is 3. The molecular weight excluding hydrogens is 493 g/mol. The largest absolute Gasteiger partial charge is 0.497 e. The van der Waals surface area contributed by atoms with Gasteiger partial charge < -0.3 is 14.4 Å². The molecule has 0 aliphatic carbocycles. The molecule has 192 valence electrons. The van der Waals surface area contributed by atoms with Crippen molar-refractivity contribution >= 4 is 17.5 Å². The van der Waals surface area contributed by atoms with Crippen LogP contribution in [0.2, 0.25) is 5.02 Å². The fourth-order valence-electron chi connectivity index (χ4n) is 3.94. The molecule has 1 amide bonds. The van der Waals surface area contributed by atoms with Gasteiger partial charge in [0, 0.05) is 16.6 Å². The van der Waals surface area contributed by atoms with Gasteiger partial charge in [0.15, 0.2) is 0 Å². The van der Waals surface area contributed by atoms with E-state index in [1.54, 1.807) is 28.8 Å². The minimum absolute atomic E-state index is 0.0830. The van der Waals surface area contributed by atoms with E-state index < -0.39 is 0 Å². The summed E-state index contributed by atoms with van der Waals surface area (Å²) < 4.78 is 26.8. The van der Waals surface area contributed by atoms with E-state index in [9.17, 15) is 9.18 Å². The first-order valence-electron chi connectivity index (χ1n) is 12.0. The molecule has 0 aliphatic rings. The Balaban J connectivity index is 1.78. The maximum absolute atomic E-state index is 13.5. The number of carbonyl (C=O) groups is 1. The third-order valence-corrected chi connectivity index (χ3v) is 6.50. The maximum Gasteiger partial charge on any atom is 0.254 e. The lowest BCUT2D eigenvalue weighted by Crippen LogP contribution is -2.38. The van der Waals surface area contributed by atoms with E-state index in [1.165, 1.54) is 24.3 Å². The lowest BCUT2D eigenvalue weighted by Gasteiger charge is -2.29. The molecule has 0 N–H and O–H groups in total. The molecule has 3 aromatic carbocycles. The van der Waals surface area contributed by atoms with Crippen LogP contribution in [0.4, 0.5) is 4.39 Å². The Bertz CT molecular complexity index is 1370. The Morgan fingerprint density at radius 2 is 1.76 bits per heavy atom. The van der Waals surface area contributed by atoms with Gasteiger partial charge in [0.05, 0.1) is 30.6 Å². The number of nitrogens with zero attached hydrogens (tertiary/aromatic N) is 3. The van der Waals surface area contributed by atoms with E-state index in [0.29, 0.717) is 33.7 Å². The summed E-state index contributed by atoms with van der Waals surface area (Å²) in [7, 11) is 1.60. The maximum atomic E-state index is 13.5. The predicted molar refractivity (Wildman–Crippen MR) is 142 cm³/mol. The average Bonchev–Trinajstić information content (AvgIpc) is 3.21. The molecule has 1 aromatic heterocycles. The second-order valence-corrected chi connectivity index (χ2v) is 9.17. The Hall–Kier alpha value is -3.84. The van der Waals surface area contributed by atoms with Crippen LogP contribution in [0, 0.1) is 12.7 Å². The van der Waals surface area contributed by atoms with Crippen molar-refractivity contribution in [3.63, 3.8) is 0 Å². The number of amides is 1. The van der Waals surface area contributed by atoms with Crippen molar-refractivity contribution in [3.05, 3.63) is 100 Å². The van der Waals surface area contributed by atoms with Gasteiger partial charge in [-0.05, 0) is 87.0 Å². The number of hydrogen-bond donors (Lipinski definition) is 0. The fourth-order valence-corrected chi connectivity index (χ4v) is 4.12. The number of ether oxygens (including phenoxy) is 2. The van der Waals surface area contributed by atoms with Crippen molar-refractivity contribution in [2.24, 2.45) is 0 Å². The van der Waals surface area contributed by atoms with Crippen molar-refractivity contribution < 1.29 is 18.7 Å². The van der Waals surface area contributed by atoms with Gasteiger partial charge in [-0.25, -0.2) is 9.07 Å². The van der Waals surface area contributed by atoms with E-state index in [-0.39, 0.29) is 24.3 Å². The summed E-state index contributed by atoms with van der Waals surface area (Å²) in [6, 6.07) is 20.1. The Morgan fingerprint density at radius 3 is 2.38 bits per heavy atom. The third-order valence-electron chi connectivity index (χ3n) is 6.27. The summed E-state index contributed by atoms with van der Waals surface area (Å²) in [5.41, 5.74) is 2.61. The highest BCUT2D eigenvalue weighted by molar-refractivity contribution is 6.30. The number of hydrogen-bond acceptors (Lipinski definition) is 4. The van der Waals surface area contributed by atoms with Crippen LogP contribution in [0.15, 0.2) is 72.8 Å². The summed E-state index contributed by atoms with van der Waals surface area (Å²) in [6.07, 6.45) is 0.739. The topological polar surface area (TPSA) is 56.6 Å². The molecule has 0 radical (unpaired) electrons. The summed E-state index contributed by atoms with van der Waals surface area (Å²) in [5, 5.41) is 5.32. The van der Waals surface area contributed by atoms with Crippen LogP contribution in [-0.4, -0.2) is 33.7 Å². The number of methoxy groups -OCH3 is 1. The van der Waals surface area contributed by atoms with Crippen molar-refractivity contribution in [1.29, 1.82) is 0 Å². The summed E-state index contributed by atoms with van der Waals surface area (Å²) >= 11 is 6.28. The third kappa shape index (κ3) is 5.94. The number of carbonyl (C=O) groups excluding carboxylic acids is 1. The molecule has 6 nitrogen and oxygen atoms in total. The normalized spacial score (nSPS) is 11.7. The number of halogens is 2. The fraction of sp³-hybridized carbons (Fsp3) is 0.241. The van der Waals surface area contributed by atoms with E-state index in [0.717, 1.165) is 17.7 Å². The van der Waals surface area contributed by atoms with Crippen molar-refractivity contribution in [1.82, 2.24) is 14.7 Å². The lowest BCUT2D eigenvalue weighted by molar-refractivity contribution is 0.0670. The van der Waals surface area contributed by atoms with E-state index in [4.69, 9.17) is 26.2 Å². The number of aromatic nitrogens is 2. The summed E-state index contributed by atoms with van der Waals surface area (Å²) in [5.74, 6) is 1.19. The molecule has 0 fully saturated rings. The van der Waals surface area contributed by atoms with Gasteiger partial charge in [-0.3, -0.25) is 4.79 Å². The van der Waals surface area contributed by atoms with E-state index >= 15 is 0 Å². The van der Waals surface area contributed by atoms with Crippen LogP contribution in [-0.2, 0) is 6.54 Å². The molecular formula is C29H29ClFN3O3. The molecule has 0 aliphatic heterocycles. The molecule has 1 heterocycles. The number of aryl methyl sites for hydroxylation is 1. The molecule has 0 spiro atoms. The number of rotatable bonds is 9.